The summed E-state index contributed by atoms with van der Waals surface area (Å²) in [6.07, 6.45) is 0.581. The molecule has 5 heteroatoms. The van der Waals surface area contributed by atoms with Crippen LogP contribution in [0.4, 0.5) is 4.39 Å². The molecule has 1 atom stereocenters. The molecule has 0 fully saturated rings. The Balaban J connectivity index is 2.08. The minimum absolute atomic E-state index is 0.0171. The highest BCUT2D eigenvalue weighted by molar-refractivity contribution is 9.10. The van der Waals surface area contributed by atoms with Crippen LogP contribution in [0, 0.1) is 5.82 Å². The van der Waals surface area contributed by atoms with E-state index in [1.54, 1.807) is 18.2 Å². The number of hydrogen-bond acceptors (Lipinski definition) is 1. The van der Waals surface area contributed by atoms with Gasteiger partial charge < -0.3 is 5.32 Å². The summed E-state index contributed by atoms with van der Waals surface area (Å²) >= 11 is 9.29. The van der Waals surface area contributed by atoms with Crippen molar-refractivity contribution in [2.45, 2.75) is 19.4 Å². The Morgan fingerprint density at radius 1 is 1.29 bits per heavy atom. The molecule has 0 saturated carbocycles. The van der Waals surface area contributed by atoms with E-state index in [-0.39, 0.29) is 11.6 Å². The predicted octanol–water partition coefficient (Wildman–Crippen LogP) is 4.60. The van der Waals surface area contributed by atoms with Gasteiger partial charge in [0, 0.05) is 15.5 Å². The molecule has 2 aromatic rings. The van der Waals surface area contributed by atoms with Gasteiger partial charge in [0.2, 0.25) is 0 Å². The molecule has 2 rings (SSSR count). The van der Waals surface area contributed by atoms with E-state index in [0.29, 0.717) is 15.9 Å². The van der Waals surface area contributed by atoms with E-state index in [0.717, 1.165) is 5.56 Å². The van der Waals surface area contributed by atoms with Crippen LogP contribution in [0.25, 0.3) is 0 Å². The Labute approximate surface area is 136 Å². The van der Waals surface area contributed by atoms with Gasteiger partial charge in [-0.15, -0.1) is 0 Å². The minimum Gasteiger partial charge on any atom is -0.349 e. The molecule has 0 bridgehead atoms. The van der Waals surface area contributed by atoms with E-state index >= 15 is 0 Å². The second-order valence-corrected chi connectivity index (χ2v) is 6.03. The molecule has 0 aliphatic heterocycles. The SMILES string of the molecule is CC(Cc1ccccc1Cl)NC(=O)c1c(F)cccc1Br. The third-order valence-corrected chi connectivity index (χ3v) is 4.08. The maximum Gasteiger partial charge on any atom is 0.255 e. The third kappa shape index (κ3) is 4.05. The fraction of sp³-hybridized carbons (Fsp3) is 0.188. The maximum absolute atomic E-state index is 13.7. The summed E-state index contributed by atoms with van der Waals surface area (Å²) in [5, 5.41) is 3.44. The average molecular weight is 371 g/mol. The Kier molecular flexibility index (Phi) is 5.37. The van der Waals surface area contributed by atoms with Crippen molar-refractivity contribution >= 4 is 33.4 Å². The van der Waals surface area contributed by atoms with Crippen molar-refractivity contribution in [1.29, 1.82) is 0 Å². The molecular formula is C16H14BrClFNO. The molecule has 1 N–H and O–H groups in total. The zero-order valence-electron chi connectivity index (χ0n) is 11.4. The second kappa shape index (κ2) is 7.05. The molecule has 0 aliphatic rings. The van der Waals surface area contributed by atoms with Gasteiger partial charge in [0.15, 0.2) is 0 Å². The topological polar surface area (TPSA) is 29.1 Å². The molecule has 0 spiro atoms. The van der Waals surface area contributed by atoms with Crippen molar-refractivity contribution in [3.8, 4) is 0 Å². The number of amides is 1. The van der Waals surface area contributed by atoms with E-state index in [2.05, 4.69) is 21.2 Å². The van der Waals surface area contributed by atoms with Gasteiger partial charge in [-0.25, -0.2) is 4.39 Å². The van der Waals surface area contributed by atoms with Gasteiger partial charge in [0.05, 0.1) is 5.56 Å². The van der Waals surface area contributed by atoms with E-state index in [1.165, 1.54) is 6.07 Å². The number of benzene rings is 2. The van der Waals surface area contributed by atoms with E-state index < -0.39 is 11.7 Å². The Bertz CT molecular complexity index is 642. The monoisotopic (exact) mass is 369 g/mol. The zero-order valence-corrected chi connectivity index (χ0v) is 13.7. The highest BCUT2D eigenvalue weighted by atomic mass is 79.9. The quantitative estimate of drug-likeness (QED) is 0.837. The fourth-order valence-electron chi connectivity index (χ4n) is 2.06. The van der Waals surface area contributed by atoms with Crippen molar-refractivity contribution in [3.63, 3.8) is 0 Å². The molecule has 0 saturated heterocycles. The molecule has 21 heavy (non-hydrogen) atoms. The number of rotatable bonds is 4. The van der Waals surface area contributed by atoms with Gasteiger partial charge in [-0.2, -0.15) is 0 Å². The minimum atomic E-state index is -0.549. The van der Waals surface area contributed by atoms with Crippen LogP contribution in [0.5, 0.6) is 0 Å². The van der Waals surface area contributed by atoms with Crippen LogP contribution in [0.2, 0.25) is 5.02 Å². The van der Waals surface area contributed by atoms with Crippen LogP contribution >= 0.6 is 27.5 Å². The van der Waals surface area contributed by atoms with Crippen molar-refractivity contribution < 1.29 is 9.18 Å². The predicted molar refractivity (Wildman–Crippen MR) is 86.2 cm³/mol. The summed E-state index contributed by atoms with van der Waals surface area (Å²) < 4.78 is 14.2. The first-order valence-electron chi connectivity index (χ1n) is 6.47. The van der Waals surface area contributed by atoms with Crippen molar-refractivity contribution in [3.05, 3.63) is 68.9 Å². The van der Waals surface area contributed by atoms with Crippen LogP contribution in [0.3, 0.4) is 0 Å². The molecule has 2 aromatic carbocycles. The first kappa shape index (κ1) is 16.0. The van der Waals surface area contributed by atoms with Gasteiger partial charge in [-0.1, -0.05) is 35.9 Å². The Morgan fingerprint density at radius 2 is 2.00 bits per heavy atom. The van der Waals surface area contributed by atoms with Crippen molar-refractivity contribution in [2.75, 3.05) is 0 Å². The molecule has 110 valence electrons. The molecular weight excluding hydrogens is 357 g/mol. The highest BCUT2D eigenvalue weighted by Gasteiger charge is 2.17. The normalized spacial score (nSPS) is 12.0. The highest BCUT2D eigenvalue weighted by Crippen LogP contribution is 2.20. The van der Waals surface area contributed by atoms with Crippen molar-refractivity contribution in [1.82, 2.24) is 5.32 Å². The van der Waals surface area contributed by atoms with Crippen LogP contribution in [0.1, 0.15) is 22.8 Å². The van der Waals surface area contributed by atoms with Gasteiger partial charge in [0.25, 0.3) is 5.91 Å². The zero-order chi connectivity index (χ0) is 15.4. The largest absolute Gasteiger partial charge is 0.349 e. The number of halogens is 3. The molecule has 1 amide bonds. The van der Waals surface area contributed by atoms with E-state index in [9.17, 15) is 9.18 Å². The molecule has 2 nitrogen and oxygen atoms in total. The molecule has 1 unspecified atom stereocenters. The lowest BCUT2D eigenvalue weighted by Crippen LogP contribution is -2.34. The van der Waals surface area contributed by atoms with Gasteiger partial charge in [0.1, 0.15) is 5.82 Å². The van der Waals surface area contributed by atoms with Crippen LogP contribution in [-0.2, 0) is 6.42 Å². The summed E-state index contributed by atoms with van der Waals surface area (Å²) in [5.74, 6) is -0.994. The smallest absolute Gasteiger partial charge is 0.255 e. The average Bonchev–Trinajstić information content (AvgIpc) is 2.41. The fourth-order valence-corrected chi connectivity index (χ4v) is 2.79. The standard InChI is InChI=1S/C16H14BrClFNO/c1-10(9-11-5-2-3-7-13(11)18)20-16(21)15-12(17)6-4-8-14(15)19/h2-8,10H,9H2,1H3,(H,20,21). The second-order valence-electron chi connectivity index (χ2n) is 4.77. The summed E-state index contributed by atoms with van der Waals surface area (Å²) in [6, 6.07) is 11.7. The summed E-state index contributed by atoms with van der Waals surface area (Å²) in [7, 11) is 0. The summed E-state index contributed by atoms with van der Waals surface area (Å²) in [6.45, 7) is 1.86. The van der Waals surface area contributed by atoms with Crippen molar-refractivity contribution in [2.24, 2.45) is 0 Å². The Morgan fingerprint density at radius 3 is 2.67 bits per heavy atom. The Hall–Kier alpha value is -1.39. The molecule has 0 heterocycles. The first-order chi connectivity index (χ1) is 9.99. The number of nitrogens with one attached hydrogen (secondary N) is 1. The van der Waals surface area contributed by atoms with Crippen LogP contribution in [0.15, 0.2) is 46.9 Å². The summed E-state index contributed by atoms with van der Waals surface area (Å²) in [5.41, 5.74) is 0.961. The lowest BCUT2D eigenvalue weighted by Gasteiger charge is -2.15. The van der Waals surface area contributed by atoms with Gasteiger partial charge in [-0.05, 0) is 53.0 Å². The van der Waals surface area contributed by atoms with Gasteiger partial charge in [-0.3, -0.25) is 4.79 Å². The molecule has 0 aromatic heterocycles. The first-order valence-corrected chi connectivity index (χ1v) is 7.64. The van der Waals surface area contributed by atoms with Gasteiger partial charge >= 0.3 is 0 Å². The van der Waals surface area contributed by atoms with Crippen LogP contribution in [-0.4, -0.2) is 11.9 Å². The number of carbonyl (C=O) groups excluding carboxylic acids is 1. The third-order valence-electron chi connectivity index (χ3n) is 3.05. The van der Waals surface area contributed by atoms with Crippen LogP contribution < -0.4 is 5.32 Å². The lowest BCUT2D eigenvalue weighted by molar-refractivity contribution is 0.0935. The van der Waals surface area contributed by atoms with E-state index in [1.807, 2.05) is 25.1 Å². The summed E-state index contributed by atoms with van der Waals surface area (Å²) in [4.78, 5) is 12.2. The van der Waals surface area contributed by atoms with E-state index in [4.69, 9.17) is 11.6 Å². The maximum atomic E-state index is 13.7. The molecule has 0 aliphatic carbocycles. The molecule has 0 radical (unpaired) electrons. The number of hydrogen-bond donors (Lipinski definition) is 1. The number of carbonyl (C=O) groups is 1. The lowest BCUT2D eigenvalue weighted by atomic mass is 10.1.